The Labute approximate surface area is 101 Å². The molecule has 0 spiro atoms. The fourth-order valence-electron chi connectivity index (χ4n) is 2.25. The van der Waals surface area contributed by atoms with Crippen LogP contribution in [0, 0.1) is 5.41 Å². The average molecular weight is 195 g/mol. The second kappa shape index (κ2) is 8.47. The molecule has 0 aliphatic rings. The summed E-state index contributed by atoms with van der Waals surface area (Å²) in [5, 5.41) is 0. The molecule has 0 fully saturated rings. The fraction of sp³-hybridized carbons (Fsp3) is 1.00. The third kappa shape index (κ3) is 5.83. The third-order valence-electron chi connectivity index (χ3n) is 3.67. The van der Waals surface area contributed by atoms with Crippen LogP contribution in [0.5, 0.6) is 0 Å². The Morgan fingerprint density at radius 1 is 1.07 bits per heavy atom. The van der Waals surface area contributed by atoms with Crippen molar-refractivity contribution in [2.75, 3.05) is 0 Å². The first kappa shape index (κ1) is 15.3. The number of hydrogen-bond donors (Lipinski definition) is 0. The first-order chi connectivity index (χ1) is 7.14. The van der Waals surface area contributed by atoms with Gasteiger partial charge in [-0.1, -0.05) is 59.2 Å². The smallest absolute Gasteiger partial charge is 0.0583 e. The van der Waals surface area contributed by atoms with Crippen LogP contribution in [0.3, 0.4) is 0 Å². The quantitative estimate of drug-likeness (QED) is 0.390. The van der Waals surface area contributed by atoms with E-state index in [1.807, 2.05) is 7.06 Å². The lowest BCUT2D eigenvalue weighted by molar-refractivity contribution is 0.226. The van der Waals surface area contributed by atoms with Crippen molar-refractivity contribution in [2.45, 2.75) is 59.2 Å². The van der Waals surface area contributed by atoms with Gasteiger partial charge < -0.3 is 0 Å². The molecule has 0 N–H and O–H groups in total. The van der Waals surface area contributed by atoms with E-state index in [0.29, 0.717) is 11.2 Å². The average Bonchev–Trinajstić information content (AvgIpc) is 2.26. The van der Waals surface area contributed by atoms with Crippen molar-refractivity contribution in [1.82, 2.24) is 0 Å². The molecule has 1 atom stereocenters. The molecule has 0 saturated carbocycles. The van der Waals surface area contributed by atoms with Gasteiger partial charge in [-0.05, 0) is 5.41 Å². The van der Waals surface area contributed by atoms with E-state index >= 15 is 0 Å². The summed E-state index contributed by atoms with van der Waals surface area (Å²) in [7, 11) is 13.1. The second-order valence-electron chi connectivity index (χ2n) is 4.51. The summed E-state index contributed by atoms with van der Waals surface area (Å²) in [5.74, 6) is 0.640. The van der Waals surface area contributed by atoms with Crippen LogP contribution in [0.2, 0.25) is 5.82 Å². The van der Waals surface area contributed by atoms with Gasteiger partial charge in [0.15, 0.2) is 0 Å². The Morgan fingerprint density at radius 2 is 1.60 bits per heavy atom. The molecule has 0 amide bonds. The molecule has 0 rings (SSSR count). The van der Waals surface area contributed by atoms with Gasteiger partial charge in [-0.2, -0.15) is 0 Å². The maximum Gasteiger partial charge on any atom is 0.0583 e. The normalized spacial score (nSPS) is 13.1. The van der Waals surface area contributed by atoms with Gasteiger partial charge in [-0.25, -0.2) is 0 Å². The molecule has 0 heterocycles. The molecular weight excluding hydrogens is 174 g/mol. The molecule has 15 heavy (non-hydrogen) atoms. The molecule has 0 aromatic rings. The first-order valence-corrected chi connectivity index (χ1v) is 6.19. The van der Waals surface area contributed by atoms with Gasteiger partial charge in [0.25, 0.3) is 0 Å². The zero-order chi connectivity index (χ0) is 11.7. The van der Waals surface area contributed by atoms with Crippen LogP contribution in [0.15, 0.2) is 0 Å². The summed E-state index contributed by atoms with van der Waals surface area (Å²) in [6.45, 7) is 9.21. The monoisotopic (exact) mass is 196 g/mol. The van der Waals surface area contributed by atoms with E-state index in [0.717, 1.165) is 0 Å². The number of rotatable bonds is 9. The highest BCUT2D eigenvalue weighted by Crippen LogP contribution is 2.38. The maximum absolute atomic E-state index is 5.29. The van der Waals surface area contributed by atoms with E-state index in [1.54, 1.807) is 7.06 Å². The molecule has 0 nitrogen and oxygen atoms in total. The molecule has 76 valence electrons. The van der Waals surface area contributed by atoms with Crippen molar-refractivity contribution >= 4 is 36.1 Å². The summed E-state index contributed by atoms with van der Waals surface area (Å²) >= 11 is 0. The van der Waals surface area contributed by atoms with E-state index in [9.17, 15) is 0 Å². The lowest BCUT2D eigenvalue weighted by atomic mass is 9.03. The molecule has 0 aliphatic carbocycles. The van der Waals surface area contributed by atoms with E-state index in [2.05, 4.69) is 41.9 Å². The number of hydrogen-bond acceptors (Lipinski definition) is 0. The second-order valence-corrected chi connectivity index (χ2v) is 4.51. The van der Waals surface area contributed by atoms with Crippen molar-refractivity contribution in [3.8, 4) is 0 Å². The first-order valence-electron chi connectivity index (χ1n) is 6.19. The highest BCUT2D eigenvalue weighted by atomic mass is 14.3. The van der Waals surface area contributed by atoms with Crippen LogP contribution < -0.4 is 0 Å². The van der Waals surface area contributed by atoms with E-state index in [4.69, 9.17) is 7.74 Å². The summed E-state index contributed by atoms with van der Waals surface area (Å²) in [4.78, 5) is 0. The summed E-state index contributed by atoms with van der Waals surface area (Å²) in [6, 6.07) is 0. The van der Waals surface area contributed by atoms with Crippen LogP contribution in [0.25, 0.3) is 0 Å². The fourth-order valence-corrected chi connectivity index (χ4v) is 2.25. The van der Waals surface area contributed by atoms with Crippen molar-refractivity contribution in [3.05, 3.63) is 0 Å². The maximum atomic E-state index is 5.29. The minimum Gasteiger partial charge on any atom is -0.0805 e. The Kier molecular flexibility index (Phi) is 8.66. The predicted molar refractivity (Wildman–Crippen MR) is 76.1 cm³/mol. The molecule has 6 radical (unpaired) electrons. The van der Waals surface area contributed by atoms with Crippen LogP contribution in [-0.4, -0.2) is 36.1 Å². The Hall–Kier alpha value is 0.325. The van der Waals surface area contributed by atoms with Crippen LogP contribution in [0.1, 0.15) is 53.4 Å². The molecule has 0 saturated heterocycles. The van der Waals surface area contributed by atoms with Crippen molar-refractivity contribution < 1.29 is 0 Å². The van der Waals surface area contributed by atoms with Gasteiger partial charge in [0.05, 0.1) is 7.17 Å². The molecule has 0 aliphatic heterocycles. The zero-order valence-electron chi connectivity index (χ0n) is 10.8. The molecule has 0 bridgehead atoms. The van der Waals surface area contributed by atoms with Crippen molar-refractivity contribution in [2.24, 2.45) is 5.41 Å². The van der Waals surface area contributed by atoms with Crippen molar-refractivity contribution in [1.29, 1.82) is 0 Å². The predicted octanol–water partition coefficient (Wildman–Crippen LogP) is 2.05. The zero-order valence-corrected chi connectivity index (χ0v) is 10.8. The van der Waals surface area contributed by atoms with Gasteiger partial charge in [0.1, 0.15) is 0 Å². The standard InChI is InChI=1S/C10H21B5/c1-5-10(6-2,7-3)8-9(4)12-14-15-13-11/h9H,5-8H2,1-4H3. The SMILES string of the molecule is [B][B][B][B][B]C(C)CC(CC)(CC)CC. The molecule has 1 unspecified atom stereocenters. The largest absolute Gasteiger partial charge is 0.0805 e. The van der Waals surface area contributed by atoms with Crippen LogP contribution in [0.4, 0.5) is 0 Å². The summed E-state index contributed by atoms with van der Waals surface area (Å²) in [5.41, 5.74) is 0.538. The highest BCUT2D eigenvalue weighted by Gasteiger charge is 2.25. The summed E-state index contributed by atoms with van der Waals surface area (Å²) < 4.78 is 0. The third-order valence-corrected chi connectivity index (χ3v) is 3.67. The van der Waals surface area contributed by atoms with Gasteiger partial charge >= 0.3 is 0 Å². The lowest BCUT2D eigenvalue weighted by Crippen LogP contribution is -2.26. The minimum atomic E-state index is 0.538. The molecular formula is C10H21B5. The molecule has 5 heteroatoms. The topological polar surface area (TPSA) is 0 Å². The Balaban J connectivity index is 3.94. The van der Waals surface area contributed by atoms with E-state index in [-0.39, 0.29) is 0 Å². The van der Waals surface area contributed by atoms with Crippen LogP contribution in [-0.2, 0) is 0 Å². The summed E-state index contributed by atoms with van der Waals surface area (Å²) in [6.07, 6.45) is 5.13. The van der Waals surface area contributed by atoms with Gasteiger partial charge in [-0.3, -0.25) is 0 Å². The Morgan fingerprint density at radius 3 is 2.00 bits per heavy atom. The Bertz CT molecular complexity index is 138. The molecule has 0 aromatic carbocycles. The lowest BCUT2D eigenvalue weighted by Gasteiger charge is -2.33. The highest BCUT2D eigenvalue weighted by molar-refractivity contribution is 7.51. The van der Waals surface area contributed by atoms with Crippen LogP contribution >= 0.6 is 0 Å². The van der Waals surface area contributed by atoms with E-state index < -0.39 is 0 Å². The minimum absolute atomic E-state index is 0.538. The van der Waals surface area contributed by atoms with Gasteiger partial charge in [0.2, 0.25) is 0 Å². The van der Waals surface area contributed by atoms with Gasteiger partial charge in [-0.15, -0.1) is 0 Å². The van der Waals surface area contributed by atoms with E-state index in [1.165, 1.54) is 25.7 Å². The van der Waals surface area contributed by atoms with Gasteiger partial charge in [0, 0.05) is 28.9 Å². The van der Waals surface area contributed by atoms with Crippen molar-refractivity contribution in [3.63, 3.8) is 0 Å². The molecule has 0 aromatic heterocycles.